The average molecular weight is 845 g/mol. The van der Waals surface area contributed by atoms with Crippen LogP contribution in [-0.2, 0) is 23.9 Å². The predicted molar refractivity (Wildman–Crippen MR) is 257 cm³/mol. The van der Waals surface area contributed by atoms with Crippen molar-refractivity contribution in [2.75, 3.05) is 26.3 Å². The van der Waals surface area contributed by atoms with Crippen LogP contribution in [0.4, 0.5) is 0 Å². The van der Waals surface area contributed by atoms with Crippen molar-refractivity contribution in [3.8, 4) is 0 Å². The molecule has 0 rings (SSSR count). The highest BCUT2D eigenvalue weighted by atomic mass is 16.5. The third-order valence-corrected chi connectivity index (χ3v) is 11.7. The summed E-state index contributed by atoms with van der Waals surface area (Å²) in [5.41, 5.74) is 0. The lowest BCUT2D eigenvalue weighted by Crippen LogP contribution is -2.45. The Morgan fingerprint density at radius 2 is 0.767 bits per heavy atom. The molecule has 0 aromatic heterocycles. The molecule has 1 unspecified atom stereocenters. The molecular weight excluding hydrogens is 745 g/mol. The maximum Gasteiger partial charge on any atom is 0.305 e. The normalized spacial score (nSPS) is 12.2. The molecule has 0 heterocycles. The number of ether oxygens (including phenoxy) is 2. The van der Waals surface area contributed by atoms with Gasteiger partial charge in [0.25, 0.3) is 0 Å². The second-order valence-corrected chi connectivity index (χ2v) is 17.7. The number of unbranched alkanes of at least 4 members (excludes halogenated alkanes) is 25. The van der Waals surface area contributed by atoms with Gasteiger partial charge in [-0.15, -0.1) is 0 Å². The first-order valence-electron chi connectivity index (χ1n) is 26.1. The van der Waals surface area contributed by atoms with Crippen molar-refractivity contribution in [2.24, 2.45) is 5.92 Å². The molecule has 0 aliphatic rings. The molecule has 0 aliphatic carbocycles. The van der Waals surface area contributed by atoms with Gasteiger partial charge in [0.1, 0.15) is 13.2 Å². The molecule has 1 atom stereocenters. The summed E-state index contributed by atoms with van der Waals surface area (Å²) in [6.07, 6.45) is 49.8. The third kappa shape index (κ3) is 42.5. The van der Waals surface area contributed by atoms with Crippen LogP contribution in [0.25, 0.3) is 0 Å². The number of hydrogen-bond acceptors (Lipinski definition) is 6. The minimum atomic E-state index is -0.551. The van der Waals surface area contributed by atoms with Crippen LogP contribution in [0.5, 0.6) is 0 Å². The SMILES string of the molecule is CCCCCCCC/C=C/CCCCCCCC(=O)OCC(COC(=O)CCCCCCC/C=C/CCCCCCCC)NC(=O)C(CCCCC)CCCNCCCC. The van der Waals surface area contributed by atoms with Gasteiger partial charge in [-0.3, -0.25) is 14.4 Å². The zero-order chi connectivity index (χ0) is 43.8. The van der Waals surface area contributed by atoms with Gasteiger partial charge in [-0.05, 0) is 103 Å². The second kappa shape index (κ2) is 47.9. The number of amides is 1. The van der Waals surface area contributed by atoms with E-state index in [1.165, 1.54) is 122 Å². The van der Waals surface area contributed by atoms with Gasteiger partial charge in [-0.1, -0.05) is 180 Å². The van der Waals surface area contributed by atoms with E-state index >= 15 is 0 Å². The van der Waals surface area contributed by atoms with Gasteiger partial charge in [0.05, 0.1) is 6.04 Å². The summed E-state index contributed by atoms with van der Waals surface area (Å²) in [7, 11) is 0. The Bertz CT molecular complexity index is 942. The van der Waals surface area contributed by atoms with Crippen LogP contribution in [0.1, 0.15) is 259 Å². The zero-order valence-corrected chi connectivity index (χ0v) is 40.3. The standard InChI is InChI=1S/C53H100N2O5/c1-5-9-13-15-17-19-21-23-25-27-29-31-33-35-38-43-51(56)59-47-50(55-53(58)49(41-37-11-7-3)42-40-46-54-45-12-8-4)48-60-52(57)44-39-36-34-32-30-28-26-24-22-20-18-16-14-10-6-2/h23-26,49-50,54H,5-22,27-48H2,1-4H3,(H,55,58)/b25-23+,26-24+. The summed E-state index contributed by atoms with van der Waals surface area (Å²) >= 11 is 0. The average Bonchev–Trinajstić information content (AvgIpc) is 3.25. The van der Waals surface area contributed by atoms with Gasteiger partial charge in [0.15, 0.2) is 0 Å². The summed E-state index contributed by atoms with van der Waals surface area (Å²) in [5.74, 6) is -0.621. The van der Waals surface area contributed by atoms with E-state index < -0.39 is 6.04 Å². The lowest BCUT2D eigenvalue weighted by atomic mass is 9.95. The number of carbonyl (C=O) groups is 3. The first-order chi connectivity index (χ1) is 29.5. The molecule has 0 spiro atoms. The fourth-order valence-electron chi connectivity index (χ4n) is 7.61. The molecule has 0 saturated heterocycles. The van der Waals surface area contributed by atoms with Gasteiger partial charge in [0, 0.05) is 18.8 Å². The van der Waals surface area contributed by atoms with E-state index in [0.717, 1.165) is 109 Å². The number of esters is 2. The summed E-state index contributed by atoms with van der Waals surface area (Å²) in [4.78, 5) is 39.2. The van der Waals surface area contributed by atoms with Crippen LogP contribution in [0.3, 0.4) is 0 Å². The number of nitrogens with one attached hydrogen (secondary N) is 2. The number of allylic oxidation sites excluding steroid dienone is 4. The summed E-state index contributed by atoms with van der Waals surface area (Å²) in [5, 5.41) is 6.63. The van der Waals surface area contributed by atoms with Gasteiger partial charge >= 0.3 is 11.9 Å². The molecular formula is C53H100N2O5. The molecule has 0 bridgehead atoms. The molecule has 7 nitrogen and oxygen atoms in total. The molecule has 2 N–H and O–H groups in total. The van der Waals surface area contributed by atoms with Crippen LogP contribution in [0.2, 0.25) is 0 Å². The maximum atomic E-state index is 13.6. The van der Waals surface area contributed by atoms with Crippen molar-refractivity contribution in [2.45, 2.75) is 265 Å². The van der Waals surface area contributed by atoms with Crippen molar-refractivity contribution in [3.05, 3.63) is 24.3 Å². The van der Waals surface area contributed by atoms with Crippen molar-refractivity contribution in [3.63, 3.8) is 0 Å². The lowest BCUT2D eigenvalue weighted by Gasteiger charge is -2.23. The third-order valence-electron chi connectivity index (χ3n) is 11.7. The highest BCUT2D eigenvalue weighted by Gasteiger charge is 2.23. The van der Waals surface area contributed by atoms with E-state index in [0.29, 0.717) is 12.8 Å². The van der Waals surface area contributed by atoms with Crippen LogP contribution >= 0.6 is 0 Å². The first kappa shape index (κ1) is 57.9. The van der Waals surface area contributed by atoms with Gasteiger partial charge < -0.3 is 20.1 Å². The number of hydrogen-bond donors (Lipinski definition) is 2. The highest BCUT2D eigenvalue weighted by Crippen LogP contribution is 2.17. The van der Waals surface area contributed by atoms with E-state index in [2.05, 4.69) is 62.6 Å². The quantitative estimate of drug-likeness (QED) is 0.0360. The minimum Gasteiger partial charge on any atom is -0.463 e. The van der Waals surface area contributed by atoms with Crippen LogP contribution in [0, 0.1) is 5.92 Å². The van der Waals surface area contributed by atoms with Gasteiger partial charge in [-0.25, -0.2) is 0 Å². The maximum absolute atomic E-state index is 13.6. The van der Waals surface area contributed by atoms with Gasteiger partial charge in [0.2, 0.25) is 5.91 Å². The Morgan fingerprint density at radius 3 is 1.20 bits per heavy atom. The molecule has 0 aromatic carbocycles. The van der Waals surface area contributed by atoms with Crippen molar-refractivity contribution in [1.29, 1.82) is 0 Å². The van der Waals surface area contributed by atoms with E-state index in [1.54, 1.807) is 0 Å². The van der Waals surface area contributed by atoms with E-state index in [-0.39, 0.29) is 37.0 Å². The zero-order valence-electron chi connectivity index (χ0n) is 40.3. The predicted octanol–water partition coefficient (Wildman–Crippen LogP) is 15.0. The number of carbonyl (C=O) groups excluding carboxylic acids is 3. The van der Waals surface area contributed by atoms with E-state index in [1.807, 2.05) is 0 Å². The van der Waals surface area contributed by atoms with E-state index in [4.69, 9.17) is 9.47 Å². The summed E-state index contributed by atoms with van der Waals surface area (Å²) in [6.45, 7) is 10.9. The lowest BCUT2D eigenvalue weighted by molar-refractivity contribution is -0.149. The van der Waals surface area contributed by atoms with Crippen LogP contribution in [0.15, 0.2) is 24.3 Å². The first-order valence-corrected chi connectivity index (χ1v) is 26.1. The highest BCUT2D eigenvalue weighted by molar-refractivity contribution is 5.79. The topological polar surface area (TPSA) is 93.7 Å². The number of rotatable bonds is 47. The Balaban J connectivity index is 4.70. The molecule has 0 radical (unpaired) electrons. The monoisotopic (exact) mass is 845 g/mol. The molecule has 352 valence electrons. The Morgan fingerprint density at radius 1 is 0.417 bits per heavy atom. The van der Waals surface area contributed by atoms with Crippen LogP contribution in [-0.4, -0.2) is 50.2 Å². The van der Waals surface area contributed by atoms with Crippen molar-refractivity contribution in [1.82, 2.24) is 10.6 Å². The fraction of sp³-hybridized carbons (Fsp3) is 0.868. The van der Waals surface area contributed by atoms with Gasteiger partial charge in [-0.2, -0.15) is 0 Å². The van der Waals surface area contributed by atoms with Crippen molar-refractivity contribution < 1.29 is 23.9 Å². The smallest absolute Gasteiger partial charge is 0.305 e. The fourth-order valence-corrected chi connectivity index (χ4v) is 7.61. The molecule has 0 fully saturated rings. The molecule has 0 aliphatic heterocycles. The Labute approximate surface area is 372 Å². The van der Waals surface area contributed by atoms with Crippen LogP contribution < -0.4 is 10.6 Å². The molecule has 0 saturated carbocycles. The molecule has 60 heavy (non-hydrogen) atoms. The largest absolute Gasteiger partial charge is 0.463 e. The summed E-state index contributed by atoms with van der Waals surface area (Å²) < 4.78 is 11.4. The van der Waals surface area contributed by atoms with Crippen molar-refractivity contribution >= 4 is 17.8 Å². The second-order valence-electron chi connectivity index (χ2n) is 17.7. The van der Waals surface area contributed by atoms with E-state index in [9.17, 15) is 14.4 Å². The minimum absolute atomic E-state index is 0.0220. The Kier molecular flexibility index (Phi) is 46.2. The molecule has 1 amide bonds. The molecule has 0 aromatic rings. The molecule has 7 heteroatoms. The Hall–Kier alpha value is -2.15. The summed E-state index contributed by atoms with van der Waals surface area (Å²) in [6, 6.07) is -0.551.